The van der Waals surface area contributed by atoms with Crippen molar-refractivity contribution in [1.82, 2.24) is 30.5 Å². The molecular formula is C31H36F9N7O2. The van der Waals surface area contributed by atoms with Crippen LogP contribution in [0.25, 0.3) is 0 Å². The zero-order chi connectivity index (χ0) is 36.0. The number of alkyl halides is 9. The maximum Gasteiger partial charge on any atom is 0.417 e. The molecule has 9 nitrogen and oxygen atoms in total. The number of halogens is 9. The molecule has 1 aliphatic rings. The Labute approximate surface area is 276 Å². The van der Waals surface area contributed by atoms with Crippen molar-refractivity contribution in [2.45, 2.75) is 77.1 Å². The number of benzene rings is 1. The molecule has 2 aromatic heterocycles. The van der Waals surface area contributed by atoms with Crippen molar-refractivity contribution >= 4 is 11.9 Å². The van der Waals surface area contributed by atoms with Crippen LogP contribution in [0.1, 0.15) is 72.5 Å². The third kappa shape index (κ3) is 11.0. The number of hydrogen-bond donors (Lipinski definition) is 1. The Hall–Kier alpha value is -3.96. The minimum absolute atomic E-state index is 0.00854. The highest BCUT2D eigenvalue weighted by Crippen LogP contribution is 2.37. The second kappa shape index (κ2) is 15.7. The molecule has 0 radical (unpaired) electrons. The van der Waals surface area contributed by atoms with E-state index in [0.717, 1.165) is 41.4 Å². The summed E-state index contributed by atoms with van der Waals surface area (Å²) < 4.78 is 128. The molecule has 0 saturated heterocycles. The highest BCUT2D eigenvalue weighted by atomic mass is 19.4. The minimum atomic E-state index is -5.10. The van der Waals surface area contributed by atoms with Gasteiger partial charge in [0.05, 0.1) is 30.3 Å². The van der Waals surface area contributed by atoms with Gasteiger partial charge >= 0.3 is 24.5 Å². The number of carbonyl (C=O) groups excluding carboxylic acids is 1. The number of ether oxygens (including phenoxy) is 1. The van der Waals surface area contributed by atoms with Gasteiger partial charge in [-0.15, -0.1) is 5.10 Å². The van der Waals surface area contributed by atoms with Crippen LogP contribution in [0.15, 0.2) is 30.5 Å². The summed E-state index contributed by atoms with van der Waals surface area (Å²) in [6.45, 7) is 2.01. The molecular weight excluding hydrogens is 673 g/mol. The lowest BCUT2D eigenvalue weighted by Gasteiger charge is -2.28. The molecule has 1 N–H and O–H groups in total. The van der Waals surface area contributed by atoms with Crippen LogP contribution >= 0.6 is 0 Å². The average molecular weight is 710 g/mol. The number of carbonyl (C=O) groups is 1. The van der Waals surface area contributed by atoms with Gasteiger partial charge in [-0.2, -0.15) is 44.3 Å². The van der Waals surface area contributed by atoms with E-state index < -0.39 is 53.9 Å². The van der Waals surface area contributed by atoms with Gasteiger partial charge in [0.15, 0.2) is 0 Å². The lowest BCUT2D eigenvalue weighted by Crippen LogP contribution is -2.29. The van der Waals surface area contributed by atoms with Gasteiger partial charge in [-0.3, -0.25) is 9.78 Å². The first-order valence-corrected chi connectivity index (χ1v) is 15.6. The van der Waals surface area contributed by atoms with Gasteiger partial charge in [0.1, 0.15) is 0 Å². The fourth-order valence-corrected chi connectivity index (χ4v) is 5.80. The molecule has 0 spiro atoms. The Morgan fingerprint density at radius 1 is 0.898 bits per heavy atom. The molecule has 1 aliphatic carbocycles. The van der Waals surface area contributed by atoms with Crippen molar-refractivity contribution in [2.75, 3.05) is 24.6 Å². The molecule has 270 valence electrons. The molecule has 0 bridgehead atoms. The minimum Gasteiger partial charge on any atom is -0.466 e. The van der Waals surface area contributed by atoms with E-state index >= 15 is 0 Å². The lowest BCUT2D eigenvalue weighted by atomic mass is 9.80. The van der Waals surface area contributed by atoms with Crippen LogP contribution in [0.3, 0.4) is 0 Å². The monoisotopic (exact) mass is 709 g/mol. The summed E-state index contributed by atoms with van der Waals surface area (Å²) in [5.74, 6) is 0.162. The van der Waals surface area contributed by atoms with Crippen LogP contribution < -0.4 is 10.2 Å². The van der Waals surface area contributed by atoms with Crippen LogP contribution in [0, 0.1) is 11.8 Å². The predicted octanol–water partition coefficient (Wildman–Crippen LogP) is 6.76. The van der Waals surface area contributed by atoms with E-state index in [1.165, 1.54) is 7.05 Å². The quantitative estimate of drug-likeness (QED) is 0.118. The number of aromatic nitrogens is 5. The van der Waals surface area contributed by atoms with E-state index in [2.05, 4.69) is 25.7 Å². The number of pyridine rings is 1. The van der Waals surface area contributed by atoms with Gasteiger partial charge in [-0.1, -0.05) is 5.10 Å². The number of hydrogen-bond acceptors (Lipinski definition) is 8. The van der Waals surface area contributed by atoms with Gasteiger partial charge in [0.25, 0.3) is 5.95 Å². The lowest BCUT2D eigenvalue weighted by molar-refractivity contribution is -0.145. The zero-order valence-corrected chi connectivity index (χ0v) is 26.7. The number of tetrazole rings is 1. The largest absolute Gasteiger partial charge is 0.466 e. The van der Waals surface area contributed by atoms with Gasteiger partial charge in [-0.05, 0) is 91.6 Å². The topological polar surface area (TPSA) is 98.1 Å². The second-order valence-corrected chi connectivity index (χ2v) is 12.0. The fraction of sp³-hybridized carbons (Fsp3) is 0.581. The maximum absolute atomic E-state index is 13.7. The van der Waals surface area contributed by atoms with E-state index in [4.69, 9.17) is 4.74 Å². The van der Waals surface area contributed by atoms with Gasteiger partial charge in [0.2, 0.25) is 0 Å². The molecule has 0 aliphatic heterocycles. The molecule has 18 heteroatoms. The van der Waals surface area contributed by atoms with E-state index in [0.29, 0.717) is 50.4 Å². The summed E-state index contributed by atoms with van der Waals surface area (Å²) in [4.78, 5) is 18.0. The normalized spacial score (nSPS) is 17.3. The molecule has 1 saturated carbocycles. The summed E-state index contributed by atoms with van der Waals surface area (Å²) in [6, 6.07) is 1.92. The van der Waals surface area contributed by atoms with E-state index in [1.807, 2.05) is 0 Å². The smallest absolute Gasteiger partial charge is 0.417 e. The first-order chi connectivity index (χ1) is 22.9. The van der Waals surface area contributed by atoms with Gasteiger partial charge in [0, 0.05) is 44.4 Å². The summed E-state index contributed by atoms with van der Waals surface area (Å²) in [6.07, 6.45) is -10.2. The Morgan fingerprint density at radius 2 is 1.51 bits per heavy atom. The summed E-state index contributed by atoms with van der Waals surface area (Å²) in [7, 11) is 1.37. The number of aryl methyl sites for hydroxylation is 1. The number of nitrogens with one attached hydrogen (secondary N) is 1. The zero-order valence-electron chi connectivity index (χ0n) is 26.7. The molecule has 49 heavy (non-hydrogen) atoms. The summed E-state index contributed by atoms with van der Waals surface area (Å²) in [5, 5.41) is 14.8. The maximum atomic E-state index is 13.7. The molecule has 2 heterocycles. The molecule has 4 rings (SSSR count). The number of esters is 1. The number of anilines is 1. The second-order valence-electron chi connectivity index (χ2n) is 12.0. The summed E-state index contributed by atoms with van der Waals surface area (Å²) >= 11 is 0. The van der Waals surface area contributed by atoms with Crippen molar-refractivity contribution in [1.29, 1.82) is 0 Å². The Morgan fingerprint density at radius 3 is 2.06 bits per heavy atom. The highest BCUT2D eigenvalue weighted by molar-refractivity contribution is 5.69. The first-order valence-electron chi connectivity index (χ1n) is 15.6. The SMILES string of the molecule is CCOC(=O)CC1CCC(CNCCc2ncc(C(F)(F)F)cc2CN(Cc2cc(C(F)(F)F)cc(C(F)(F)F)c2)c2nnn(C)n2)CC1. The van der Waals surface area contributed by atoms with Crippen molar-refractivity contribution in [3.8, 4) is 0 Å². The Balaban J connectivity index is 1.52. The third-order valence-electron chi connectivity index (χ3n) is 8.25. The first kappa shape index (κ1) is 37.9. The van der Waals surface area contributed by atoms with Gasteiger partial charge in [-0.25, -0.2) is 0 Å². The number of rotatable bonds is 13. The van der Waals surface area contributed by atoms with Crippen LogP contribution in [-0.4, -0.2) is 50.9 Å². The highest BCUT2D eigenvalue weighted by Gasteiger charge is 2.37. The molecule has 0 unspecified atom stereocenters. The predicted molar refractivity (Wildman–Crippen MR) is 158 cm³/mol. The van der Waals surface area contributed by atoms with E-state index in [1.54, 1.807) is 6.92 Å². The van der Waals surface area contributed by atoms with Crippen molar-refractivity contribution < 1.29 is 49.0 Å². The fourth-order valence-electron chi connectivity index (χ4n) is 5.80. The van der Waals surface area contributed by atoms with Crippen LogP contribution in [0.5, 0.6) is 0 Å². The molecule has 0 amide bonds. The van der Waals surface area contributed by atoms with Crippen molar-refractivity contribution in [3.05, 3.63) is 64.0 Å². The third-order valence-corrected chi connectivity index (χ3v) is 8.25. The van der Waals surface area contributed by atoms with Crippen LogP contribution in [0.2, 0.25) is 0 Å². The number of nitrogens with zero attached hydrogens (tertiary/aromatic N) is 6. The van der Waals surface area contributed by atoms with Crippen molar-refractivity contribution in [2.24, 2.45) is 18.9 Å². The van der Waals surface area contributed by atoms with Crippen LogP contribution in [-0.2, 0) is 54.6 Å². The van der Waals surface area contributed by atoms with E-state index in [-0.39, 0.29) is 41.6 Å². The van der Waals surface area contributed by atoms with Crippen LogP contribution in [0.4, 0.5) is 45.5 Å². The standard InChI is InChI=1S/C31H36F9N7O2/c1-3-49-27(48)12-19-4-6-20(7-5-19)15-41-9-8-26-22(13-25(16-42-26)31(38,39)40)18-47(28-43-45-46(2)44-28)17-21-10-23(29(32,33)34)14-24(11-21)30(35,36)37/h10-11,13-14,16,19-20,41H,3-9,12,15,17-18H2,1-2H3. The molecule has 0 atom stereocenters. The summed E-state index contributed by atoms with van der Waals surface area (Å²) in [5.41, 5.74) is -4.30. The molecule has 1 fully saturated rings. The average Bonchev–Trinajstić information content (AvgIpc) is 3.45. The van der Waals surface area contributed by atoms with Gasteiger partial charge < -0.3 is 15.0 Å². The molecule has 3 aromatic rings. The Kier molecular flexibility index (Phi) is 12.1. The van der Waals surface area contributed by atoms with E-state index in [9.17, 15) is 44.3 Å². The Bertz CT molecular complexity index is 1520. The van der Waals surface area contributed by atoms with Crippen molar-refractivity contribution in [3.63, 3.8) is 0 Å². The molecule has 1 aromatic carbocycles.